The molecule has 6 nitrogen and oxygen atoms in total. The maximum absolute atomic E-state index is 14.6. The predicted molar refractivity (Wildman–Crippen MR) is 123 cm³/mol. The van der Waals surface area contributed by atoms with Crippen molar-refractivity contribution in [2.24, 2.45) is 0 Å². The van der Waals surface area contributed by atoms with Gasteiger partial charge >= 0.3 is 12.2 Å². The normalized spacial score (nSPS) is 11.4. The number of ketones is 1. The largest absolute Gasteiger partial charge is 0.417 e. The number of fused-ring (bicyclic) bond motifs is 1. The molecule has 0 saturated carbocycles. The summed E-state index contributed by atoms with van der Waals surface area (Å²) < 4.78 is 53.7. The van der Waals surface area contributed by atoms with Crippen molar-refractivity contribution in [2.45, 2.75) is 6.18 Å². The average molecular weight is 523 g/mol. The molecule has 0 saturated heterocycles. The molecule has 0 fully saturated rings. The molecule has 4 aromatic rings. The highest BCUT2D eigenvalue weighted by atomic mass is 35.5. The molecule has 4 rings (SSSR count). The Kier molecular flexibility index (Phi) is 6.60. The molecule has 35 heavy (non-hydrogen) atoms. The van der Waals surface area contributed by atoms with Gasteiger partial charge in [0, 0.05) is 23.6 Å². The van der Waals surface area contributed by atoms with Gasteiger partial charge in [0.15, 0.2) is 5.78 Å². The van der Waals surface area contributed by atoms with E-state index in [1.54, 1.807) is 0 Å². The van der Waals surface area contributed by atoms with Crippen LogP contribution in [0.15, 0.2) is 60.9 Å². The van der Waals surface area contributed by atoms with Crippen LogP contribution in [0.5, 0.6) is 0 Å². The number of carbonyl (C=O) groups excluding carboxylic acids is 2. The fourth-order valence-electron chi connectivity index (χ4n) is 3.21. The zero-order chi connectivity index (χ0) is 25.3. The van der Waals surface area contributed by atoms with Gasteiger partial charge in [0.2, 0.25) is 0 Å². The Morgan fingerprint density at radius 1 is 0.857 bits per heavy atom. The summed E-state index contributed by atoms with van der Waals surface area (Å²) in [5.74, 6) is -1.70. The zero-order valence-electron chi connectivity index (χ0n) is 17.3. The van der Waals surface area contributed by atoms with E-state index in [4.69, 9.17) is 23.2 Å². The number of anilines is 2. The molecule has 2 N–H and O–H groups in total. The Morgan fingerprint density at radius 3 is 2.29 bits per heavy atom. The molecular formula is C23H12Cl2F4N4O2. The smallest absolute Gasteiger partial charge is 0.308 e. The van der Waals surface area contributed by atoms with E-state index in [0.29, 0.717) is 17.1 Å². The quantitative estimate of drug-likeness (QED) is 0.224. The molecule has 0 spiro atoms. The minimum absolute atomic E-state index is 0.0845. The number of hydrogen-bond acceptors (Lipinski definition) is 4. The van der Waals surface area contributed by atoms with Gasteiger partial charge in [0.05, 0.1) is 37.9 Å². The maximum Gasteiger partial charge on any atom is 0.417 e. The Hall–Kier alpha value is -3.76. The topological polar surface area (TPSA) is 84.0 Å². The molecule has 0 radical (unpaired) electrons. The van der Waals surface area contributed by atoms with Crippen LogP contribution in [0.2, 0.25) is 10.0 Å². The molecule has 0 unspecified atom stereocenters. The molecule has 2 amide bonds. The van der Waals surface area contributed by atoms with Gasteiger partial charge in [-0.2, -0.15) is 13.2 Å². The monoisotopic (exact) mass is 522 g/mol. The lowest BCUT2D eigenvalue weighted by Gasteiger charge is -2.14. The first kappa shape index (κ1) is 24.4. The van der Waals surface area contributed by atoms with Crippen molar-refractivity contribution in [3.63, 3.8) is 0 Å². The van der Waals surface area contributed by atoms with E-state index in [9.17, 15) is 27.2 Å². The average Bonchev–Trinajstić information content (AvgIpc) is 2.81. The van der Waals surface area contributed by atoms with Gasteiger partial charge in [-0.15, -0.1) is 0 Å². The van der Waals surface area contributed by atoms with Crippen LogP contribution in [0.3, 0.4) is 0 Å². The molecular weight excluding hydrogens is 511 g/mol. The van der Waals surface area contributed by atoms with E-state index >= 15 is 0 Å². The molecule has 0 bridgehead atoms. The van der Waals surface area contributed by atoms with E-state index < -0.39 is 45.0 Å². The van der Waals surface area contributed by atoms with Gasteiger partial charge in [-0.3, -0.25) is 14.8 Å². The summed E-state index contributed by atoms with van der Waals surface area (Å²) in [6, 6.07) is 8.27. The first-order valence-corrected chi connectivity index (χ1v) is 10.5. The number of amides is 2. The van der Waals surface area contributed by atoms with E-state index in [2.05, 4.69) is 20.6 Å². The summed E-state index contributed by atoms with van der Waals surface area (Å²) >= 11 is 11.8. The Bertz CT molecular complexity index is 1480. The minimum atomic E-state index is -4.73. The van der Waals surface area contributed by atoms with Crippen LogP contribution in [0, 0.1) is 5.82 Å². The minimum Gasteiger partial charge on any atom is -0.308 e. The van der Waals surface area contributed by atoms with Crippen molar-refractivity contribution in [1.82, 2.24) is 9.97 Å². The van der Waals surface area contributed by atoms with E-state index in [-0.39, 0.29) is 16.9 Å². The lowest BCUT2D eigenvalue weighted by molar-refractivity contribution is -0.137. The van der Waals surface area contributed by atoms with Crippen molar-refractivity contribution in [3.8, 4) is 0 Å². The highest BCUT2D eigenvalue weighted by Gasteiger charge is 2.33. The van der Waals surface area contributed by atoms with Crippen LogP contribution in [-0.2, 0) is 6.18 Å². The third-order valence-corrected chi connectivity index (χ3v) is 5.55. The first-order valence-electron chi connectivity index (χ1n) is 9.73. The molecule has 1 aromatic heterocycles. The van der Waals surface area contributed by atoms with Crippen LogP contribution in [0.4, 0.5) is 33.7 Å². The fraction of sp³-hybridized carbons (Fsp3) is 0.0435. The maximum atomic E-state index is 14.6. The van der Waals surface area contributed by atoms with Gasteiger partial charge in [-0.05, 0) is 48.5 Å². The van der Waals surface area contributed by atoms with Crippen molar-refractivity contribution in [3.05, 3.63) is 93.5 Å². The fourth-order valence-corrected chi connectivity index (χ4v) is 3.72. The Balaban J connectivity index is 1.59. The number of halogens is 6. The number of aromatic nitrogens is 2. The number of nitrogens with one attached hydrogen (secondary N) is 2. The molecule has 178 valence electrons. The molecule has 0 atom stereocenters. The van der Waals surface area contributed by atoms with Crippen molar-refractivity contribution in [1.29, 1.82) is 0 Å². The number of carbonyl (C=O) groups is 2. The highest BCUT2D eigenvalue weighted by molar-refractivity contribution is 6.38. The summed E-state index contributed by atoms with van der Waals surface area (Å²) in [5.41, 5.74) is -0.960. The summed E-state index contributed by atoms with van der Waals surface area (Å²) in [7, 11) is 0. The van der Waals surface area contributed by atoms with Gasteiger partial charge in [-0.25, -0.2) is 9.18 Å². The van der Waals surface area contributed by atoms with Crippen molar-refractivity contribution < 1.29 is 27.2 Å². The first-order chi connectivity index (χ1) is 16.5. The second kappa shape index (κ2) is 9.47. The van der Waals surface area contributed by atoms with Crippen LogP contribution < -0.4 is 10.6 Å². The lowest BCUT2D eigenvalue weighted by Crippen LogP contribution is -2.21. The van der Waals surface area contributed by atoms with E-state index in [0.717, 1.165) is 18.2 Å². The Morgan fingerprint density at radius 2 is 1.57 bits per heavy atom. The number of alkyl halides is 3. The third-order valence-electron chi connectivity index (χ3n) is 4.83. The molecule has 0 aliphatic carbocycles. The summed E-state index contributed by atoms with van der Waals surface area (Å²) in [5, 5.41) is 3.58. The standard InChI is InChI=1S/C23H12Cl2F4N4O2/c24-14-3-2-12(10-13(14)23(27,28)29)32-22(35)33-17-6-4-15(26)19(20(17)25)21(34)11-1-5-16-18(9-11)31-8-7-30-16/h1-10H,(H2,32,33,35). The van der Waals surface area contributed by atoms with E-state index in [1.165, 1.54) is 36.7 Å². The van der Waals surface area contributed by atoms with Gasteiger partial charge in [-0.1, -0.05) is 23.2 Å². The van der Waals surface area contributed by atoms with Gasteiger partial charge in [0.1, 0.15) is 5.82 Å². The van der Waals surface area contributed by atoms with Gasteiger partial charge in [0.25, 0.3) is 0 Å². The summed E-state index contributed by atoms with van der Waals surface area (Å²) in [6.45, 7) is 0. The van der Waals surface area contributed by atoms with E-state index in [1.807, 2.05) is 0 Å². The molecule has 1 heterocycles. The second-order valence-corrected chi connectivity index (χ2v) is 7.93. The van der Waals surface area contributed by atoms with Crippen LogP contribution >= 0.6 is 23.2 Å². The predicted octanol–water partition coefficient (Wildman–Crippen LogP) is 6.97. The van der Waals surface area contributed by atoms with Crippen molar-refractivity contribution in [2.75, 3.05) is 10.6 Å². The highest BCUT2D eigenvalue weighted by Crippen LogP contribution is 2.36. The van der Waals surface area contributed by atoms with Crippen LogP contribution in [0.1, 0.15) is 21.5 Å². The number of nitrogens with zero attached hydrogens (tertiary/aromatic N) is 2. The third kappa shape index (κ3) is 5.18. The van der Waals surface area contributed by atoms with Gasteiger partial charge < -0.3 is 10.6 Å². The molecule has 0 aliphatic heterocycles. The zero-order valence-corrected chi connectivity index (χ0v) is 18.8. The molecule has 0 aliphatic rings. The number of rotatable bonds is 4. The second-order valence-electron chi connectivity index (χ2n) is 7.14. The molecule has 3 aromatic carbocycles. The SMILES string of the molecule is O=C(Nc1ccc(Cl)c(C(F)(F)F)c1)Nc1ccc(F)c(C(=O)c2ccc3nccnc3c2)c1Cl. The lowest BCUT2D eigenvalue weighted by atomic mass is 10.0. The van der Waals surface area contributed by atoms with Crippen molar-refractivity contribution >= 4 is 57.4 Å². The Labute approximate surface area is 204 Å². The summed E-state index contributed by atoms with van der Waals surface area (Å²) in [6.07, 6.45) is -1.81. The van der Waals surface area contributed by atoms with Crippen LogP contribution in [0.25, 0.3) is 11.0 Å². The number of hydrogen-bond donors (Lipinski definition) is 2. The van der Waals surface area contributed by atoms with Crippen LogP contribution in [-0.4, -0.2) is 21.8 Å². The molecule has 12 heteroatoms. The number of urea groups is 1. The summed E-state index contributed by atoms with van der Waals surface area (Å²) in [4.78, 5) is 33.6. The number of benzene rings is 3.